The third-order valence-electron chi connectivity index (χ3n) is 2.95. The molecule has 0 saturated carbocycles. The lowest BCUT2D eigenvalue weighted by Crippen LogP contribution is -2.24. The molecule has 0 fully saturated rings. The Morgan fingerprint density at radius 3 is 2.89 bits per heavy atom. The second kappa shape index (κ2) is 5.69. The van der Waals surface area contributed by atoms with Crippen LogP contribution in [0.15, 0.2) is 36.7 Å². The fraction of sp³-hybridized carbons (Fsp3) is 0.357. The van der Waals surface area contributed by atoms with Gasteiger partial charge in [0.2, 0.25) is 0 Å². The summed E-state index contributed by atoms with van der Waals surface area (Å²) in [5, 5.41) is 3.45. The van der Waals surface area contributed by atoms with Crippen LogP contribution in [0.5, 0.6) is 5.75 Å². The molecule has 0 aliphatic heterocycles. The molecule has 1 unspecified atom stereocenters. The molecule has 1 heterocycles. The van der Waals surface area contributed by atoms with Crippen LogP contribution in [0.2, 0.25) is 0 Å². The Labute approximate surface area is 108 Å². The number of hydrogen-bond donors (Lipinski definition) is 1. The lowest BCUT2D eigenvalue weighted by Gasteiger charge is -2.18. The number of nitrogens with zero attached hydrogens (tertiary/aromatic N) is 2. The molecule has 1 aromatic carbocycles. The van der Waals surface area contributed by atoms with E-state index in [2.05, 4.69) is 23.3 Å². The van der Waals surface area contributed by atoms with Crippen LogP contribution in [0, 0.1) is 0 Å². The molecule has 18 heavy (non-hydrogen) atoms. The van der Waals surface area contributed by atoms with Gasteiger partial charge >= 0.3 is 0 Å². The number of nitrogens with one attached hydrogen (secondary N) is 1. The third kappa shape index (κ3) is 2.54. The molecule has 0 spiro atoms. The van der Waals surface area contributed by atoms with E-state index in [0.717, 1.165) is 23.7 Å². The minimum absolute atomic E-state index is 0.0881. The van der Waals surface area contributed by atoms with Crippen molar-refractivity contribution in [1.29, 1.82) is 0 Å². The van der Waals surface area contributed by atoms with Crippen LogP contribution in [0.1, 0.15) is 24.4 Å². The predicted molar refractivity (Wildman–Crippen MR) is 71.7 cm³/mol. The van der Waals surface area contributed by atoms with Crippen molar-refractivity contribution >= 4 is 0 Å². The summed E-state index contributed by atoms with van der Waals surface area (Å²) < 4.78 is 7.31. The minimum Gasteiger partial charge on any atom is -0.497 e. The summed E-state index contributed by atoms with van der Waals surface area (Å²) in [5.41, 5.74) is 1.16. The van der Waals surface area contributed by atoms with E-state index in [-0.39, 0.29) is 6.04 Å². The first-order chi connectivity index (χ1) is 8.76. The lowest BCUT2D eigenvalue weighted by atomic mass is 10.1. The fourth-order valence-corrected chi connectivity index (χ4v) is 2.04. The van der Waals surface area contributed by atoms with Gasteiger partial charge in [0.05, 0.1) is 13.2 Å². The van der Waals surface area contributed by atoms with Crippen molar-refractivity contribution in [3.05, 3.63) is 48.0 Å². The van der Waals surface area contributed by atoms with Crippen molar-refractivity contribution in [2.75, 3.05) is 13.7 Å². The van der Waals surface area contributed by atoms with Crippen LogP contribution in [0.3, 0.4) is 0 Å². The number of benzene rings is 1. The molecule has 0 aliphatic carbocycles. The van der Waals surface area contributed by atoms with Crippen LogP contribution >= 0.6 is 0 Å². The Kier molecular flexibility index (Phi) is 3.99. The summed E-state index contributed by atoms with van der Waals surface area (Å²) in [6, 6.07) is 8.17. The van der Waals surface area contributed by atoms with E-state index in [1.807, 2.05) is 42.2 Å². The fourth-order valence-electron chi connectivity index (χ4n) is 2.04. The van der Waals surface area contributed by atoms with Crippen molar-refractivity contribution in [2.24, 2.45) is 7.05 Å². The van der Waals surface area contributed by atoms with Gasteiger partial charge in [-0.15, -0.1) is 0 Å². The van der Waals surface area contributed by atoms with Crippen LogP contribution in [0.4, 0.5) is 0 Å². The second-order valence-electron chi connectivity index (χ2n) is 4.16. The molecule has 2 aromatic rings. The first-order valence-corrected chi connectivity index (χ1v) is 6.10. The Bertz CT molecular complexity index is 507. The highest BCUT2D eigenvalue weighted by Crippen LogP contribution is 2.23. The summed E-state index contributed by atoms with van der Waals surface area (Å²) >= 11 is 0. The molecule has 4 nitrogen and oxygen atoms in total. The van der Waals surface area contributed by atoms with E-state index in [9.17, 15) is 0 Å². The van der Waals surface area contributed by atoms with Crippen LogP contribution in [-0.4, -0.2) is 23.2 Å². The Morgan fingerprint density at radius 2 is 2.28 bits per heavy atom. The summed E-state index contributed by atoms with van der Waals surface area (Å²) in [7, 11) is 3.69. The van der Waals surface area contributed by atoms with Crippen molar-refractivity contribution in [3.8, 4) is 5.75 Å². The number of hydrogen-bond acceptors (Lipinski definition) is 3. The zero-order valence-corrected chi connectivity index (χ0v) is 11.1. The summed E-state index contributed by atoms with van der Waals surface area (Å²) in [6.07, 6.45) is 3.78. The molecule has 0 aliphatic rings. The summed E-state index contributed by atoms with van der Waals surface area (Å²) in [6.45, 7) is 2.98. The maximum absolute atomic E-state index is 5.28. The molecular weight excluding hydrogens is 226 g/mol. The Balaban J connectivity index is 2.38. The van der Waals surface area contributed by atoms with E-state index in [1.54, 1.807) is 7.11 Å². The quantitative estimate of drug-likeness (QED) is 0.877. The number of imidazole rings is 1. The van der Waals surface area contributed by atoms with E-state index >= 15 is 0 Å². The van der Waals surface area contributed by atoms with Gasteiger partial charge in [0.1, 0.15) is 11.6 Å². The molecule has 4 heteroatoms. The first kappa shape index (κ1) is 12.6. The maximum atomic E-state index is 5.28. The number of aryl methyl sites for hydroxylation is 1. The maximum Gasteiger partial charge on any atom is 0.130 e. The molecule has 1 aromatic heterocycles. The highest BCUT2D eigenvalue weighted by molar-refractivity contribution is 5.33. The molecule has 0 radical (unpaired) electrons. The largest absolute Gasteiger partial charge is 0.497 e. The Hall–Kier alpha value is -1.81. The van der Waals surface area contributed by atoms with E-state index < -0.39 is 0 Å². The van der Waals surface area contributed by atoms with Crippen molar-refractivity contribution < 1.29 is 4.74 Å². The molecule has 0 bridgehead atoms. The van der Waals surface area contributed by atoms with Crippen molar-refractivity contribution in [3.63, 3.8) is 0 Å². The SMILES string of the molecule is CCNC(c1cccc(OC)c1)c1nccn1C. The van der Waals surface area contributed by atoms with Gasteiger partial charge in [-0.1, -0.05) is 19.1 Å². The molecule has 2 rings (SSSR count). The van der Waals surface area contributed by atoms with E-state index in [4.69, 9.17) is 4.74 Å². The molecular formula is C14H19N3O. The monoisotopic (exact) mass is 245 g/mol. The predicted octanol–water partition coefficient (Wildman–Crippen LogP) is 2.13. The van der Waals surface area contributed by atoms with Gasteiger partial charge < -0.3 is 14.6 Å². The first-order valence-electron chi connectivity index (χ1n) is 6.10. The number of aromatic nitrogens is 2. The number of ether oxygens (including phenoxy) is 1. The normalized spacial score (nSPS) is 12.4. The summed E-state index contributed by atoms with van der Waals surface area (Å²) in [5.74, 6) is 1.87. The number of methoxy groups -OCH3 is 1. The second-order valence-corrected chi connectivity index (χ2v) is 4.16. The van der Waals surface area contributed by atoms with Gasteiger partial charge in [-0.2, -0.15) is 0 Å². The van der Waals surface area contributed by atoms with E-state index in [1.165, 1.54) is 0 Å². The molecule has 1 atom stereocenters. The Morgan fingerprint density at radius 1 is 1.44 bits per heavy atom. The number of rotatable bonds is 5. The lowest BCUT2D eigenvalue weighted by molar-refractivity contribution is 0.413. The van der Waals surface area contributed by atoms with Crippen LogP contribution < -0.4 is 10.1 Å². The third-order valence-corrected chi connectivity index (χ3v) is 2.95. The molecule has 0 saturated heterocycles. The van der Waals surface area contributed by atoms with Crippen molar-refractivity contribution in [2.45, 2.75) is 13.0 Å². The van der Waals surface area contributed by atoms with Gasteiger partial charge in [0.15, 0.2) is 0 Å². The topological polar surface area (TPSA) is 39.1 Å². The van der Waals surface area contributed by atoms with E-state index in [0.29, 0.717) is 0 Å². The standard InChI is InChI=1S/C14H19N3O/c1-4-15-13(14-16-8-9-17(14)2)11-6-5-7-12(10-11)18-3/h5-10,13,15H,4H2,1-3H3. The summed E-state index contributed by atoms with van der Waals surface area (Å²) in [4.78, 5) is 4.43. The molecule has 96 valence electrons. The van der Waals surface area contributed by atoms with Gasteiger partial charge in [0, 0.05) is 19.4 Å². The van der Waals surface area contributed by atoms with Crippen LogP contribution in [0.25, 0.3) is 0 Å². The molecule has 1 N–H and O–H groups in total. The highest BCUT2D eigenvalue weighted by atomic mass is 16.5. The zero-order valence-electron chi connectivity index (χ0n) is 11.1. The van der Waals surface area contributed by atoms with Gasteiger partial charge in [-0.3, -0.25) is 0 Å². The van der Waals surface area contributed by atoms with Crippen molar-refractivity contribution in [1.82, 2.24) is 14.9 Å². The minimum atomic E-state index is 0.0881. The van der Waals surface area contributed by atoms with Gasteiger partial charge in [-0.25, -0.2) is 4.98 Å². The highest BCUT2D eigenvalue weighted by Gasteiger charge is 2.17. The molecule has 0 amide bonds. The van der Waals surface area contributed by atoms with Gasteiger partial charge in [0.25, 0.3) is 0 Å². The zero-order chi connectivity index (χ0) is 13.0. The van der Waals surface area contributed by atoms with Gasteiger partial charge in [-0.05, 0) is 24.2 Å². The van der Waals surface area contributed by atoms with Crippen LogP contribution in [-0.2, 0) is 7.05 Å². The smallest absolute Gasteiger partial charge is 0.130 e. The average Bonchev–Trinajstić information content (AvgIpc) is 2.82. The average molecular weight is 245 g/mol.